The van der Waals surface area contributed by atoms with E-state index >= 15 is 0 Å². The van der Waals surface area contributed by atoms with Crippen molar-refractivity contribution in [3.63, 3.8) is 0 Å². The summed E-state index contributed by atoms with van der Waals surface area (Å²) in [6, 6.07) is 94.5. The van der Waals surface area contributed by atoms with Crippen LogP contribution in [0.3, 0.4) is 0 Å². The molecule has 0 aliphatic heterocycles. The van der Waals surface area contributed by atoms with Gasteiger partial charge in [-0.05, 0) is 110 Å². The van der Waals surface area contributed by atoms with E-state index in [0.29, 0.717) is 5.82 Å². The summed E-state index contributed by atoms with van der Waals surface area (Å²) in [6.07, 6.45) is 0. The molecule has 0 bridgehead atoms. The van der Waals surface area contributed by atoms with E-state index in [1.165, 1.54) is 60.8 Å². The molecule has 1 aliphatic carbocycles. The largest absolute Gasteiger partial charge is 0.309 e. The maximum Gasteiger partial charge on any atom is 0.160 e. The van der Waals surface area contributed by atoms with Crippen LogP contribution in [0, 0.1) is 0 Å². The van der Waals surface area contributed by atoms with Crippen molar-refractivity contribution in [3.05, 3.63) is 283 Å². The van der Waals surface area contributed by atoms with Crippen LogP contribution in [0.2, 0.25) is 0 Å². The van der Waals surface area contributed by atoms with Crippen LogP contribution in [0.1, 0.15) is 22.3 Å². The summed E-state index contributed by atoms with van der Waals surface area (Å²) in [5.41, 5.74) is 19.9. The lowest BCUT2D eigenvalue weighted by molar-refractivity contribution is 0.769. The number of para-hydroxylation sites is 2. The van der Waals surface area contributed by atoms with Crippen LogP contribution in [0.4, 0.5) is 0 Å². The van der Waals surface area contributed by atoms with Crippen molar-refractivity contribution in [2.24, 2.45) is 0 Å². The summed E-state index contributed by atoms with van der Waals surface area (Å²) in [7, 11) is 0. The Bertz CT molecular complexity index is 3720. The zero-order valence-electron chi connectivity index (χ0n) is 37.2. The van der Waals surface area contributed by atoms with Crippen molar-refractivity contribution >= 4 is 21.8 Å². The van der Waals surface area contributed by atoms with Crippen LogP contribution in [0.15, 0.2) is 261 Å². The smallest absolute Gasteiger partial charge is 0.160 e. The van der Waals surface area contributed by atoms with E-state index in [1.807, 2.05) is 24.3 Å². The molecule has 0 saturated heterocycles. The van der Waals surface area contributed by atoms with Gasteiger partial charge in [0.2, 0.25) is 0 Å². The first kappa shape index (κ1) is 39.4. The first-order valence-electron chi connectivity index (χ1n) is 23.3. The second kappa shape index (κ2) is 16.2. The van der Waals surface area contributed by atoms with Crippen molar-refractivity contribution in [2.45, 2.75) is 5.41 Å². The molecule has 0 atom stereocenters. The average Bonchev–Trinajstić information content (AvgIpc) is 3.91. The maximum atomic E-state index is 5.28. The van der Waals surface area contributed by atoms with E-state index in [4.69, 9.17) is 9.97 Å². The minimum Gasteiger partial charge on any atom is -0.309 e. The molecule has 0 unspecified atom stereocenters. The topological polar surface area (TPSA) is 30.7 Å². The van der Waals surface area contributed by atoms with E-state index in [2.05, 4.69) is 241 Å². The zero-order valence-corrected chi connectivity index (χ0v) is 37.2. The maximum absolute atomic E-state index is 5.28. The molecule has 0 radical (unpaired) electrons. The van der Waals surface area contributed by atoms with Crippen molar-refractivity contribution in [3.8, 4) is 73.0 Å². The molecule has 2 aromatic heterocycles. The van der Waals surface area contributed by atoms with Crippen molar-refractivity contribution in [1.82, 2.24) is 14.5 Å². The Hall–Kier alpha value is -8.92. The minimum atomic E-state index is -0.561. The second-order valence-electron chi connectivity index (χ2n) is 17.7. The summed E-state index contributed by atoms with van der Waals surface area (Å²) < 4.78 is 2.39. The van der Waals surface area contributed by atoms with Gasteiger partial charge in [-0.15, -0.1) is 0 Å². The van der Waals surface area contributed by atoms with Gasteiger partial charge in [-0.1, -0.05) is 206 Å². The van der Waals surface area contributed by atoms with Gasteiger partial charge >= 0.3 is 0 Å². The van der Waals surface area contributed by atoms with Gasteiger partial charge in [0.15, 0.2) is 5.82 Å². The molecule has 0 N–H and O–H groups in total. The van der Waals surface area contributed by atoms with Gasteiger partial charge < -0.3 is 4.57 Å². The number of fused-ring (bicyclic) bond motifs is 6. The standard InChI is InChI=1S/C65H43N3/c1-6-21-44(22-7-1)60-43-61(67-64(66-60)45-23-8-2-9-24-45)48-26-20-25-46(39-48)55-42-59-56(52-33-16-18-35-58(52)65(59,49-27-10-3-11-28-49)50-29-12-4-13-30-50)41-54(55)47-37-38-63-57(40-47)53-34-17-19-36-62(53)68(63)51-31-14-5-15-32-51/h1-43H. The predicted molar refractivity (Wildman–Crippen MR) is 281 cm³/mol. The number of benzene rings is 10. The molecule has 0 amide bonds. The fourth-order valence-electron chi connectivity index (χ4n) is 10.9. The number of rotatable bonds is 8. The molecule has 10 aromatic carbocycles. The lowest BCUT2D eigenvalue weighted by Crippen LogP contribution is -2.28. The summed E-state index contributed by atoms with van der Waals surface area (Å²) in [6.45, 7) is 0. The molecule has 13 rings (SSSR count). The van der Waals surface area contributed by atoms with Gasteiger partial charge in [0.1, 0.15) is 0 Å². The van der Waals surface area contributed by atoms with Gasteiger partial charge in [-0.2, -0.15) is 0 Å². The number of hydrogen-bond donors (Lipinski definition) is 0. The highest BCUT2D eigenvalue weighted by Gasteiger charge is 2.46. The molecule has 68 heavy (non-hydrogen) atoms. The summed E-state index contributed by atoms with van der Waals surface area (Å²) in [4.78, 5) is 10.4. The van der Waals surface area contributed by atoms with Crippen LogP contribution in [-0.4, -0.2) is 14.5 Å². The Morgan fingerprint density at radius 2 is 0.824 bits per heavy atom. The van der Waals surface area contributed by atoms with E-state index < -0.39 is 5.41 Å². The summed E-state index contributed by atoms with van der Waals surface area (Å²) >= 11 is 0. The third-order valence-electron chi connectivity index (χ3n) is 13.9. The lowest BCUT2D eigenvalue weighted by Gasteiger charge is -2.34. The first-order chi connectivity index (χ1) is 33.7. The van der Waals surface area contributed by atoms with Crippen LogP contribution in [-0.2, 0) is 5.41 Å². The molecule has 3 nitrogen and oxygen atoms in total. The Kier molecular flexibility index (Phi) is 9.40. The van der Waals surface area contributed by atoms with Crippen LogP contribution in [0.5, 0.6) is 0 Å². The molecule has 0 fully saturated rings. The fraction of sp³-hybridized carbons (Fsp3) is 0.0154. The minimum absolute atomic E-state index is 0.561. The molecule has 2 heterocycles. The Labute approximate surface area is 396 Å². The highest BCUT2D eigenvalue weighted by molar-refractivity contribution is 6.11. The van der Waals surface area contributed by atoms with E-state index in [9.17, 15) is 0 Å². The molecule has 0 saturated carbocycles. The molecular weight excluding hydrogens is 823 g/mol. The normalized spacial score (nSPS) is 12.5. The SMILES string of the molecule is c1ccc(-c2cc(-c3cccc(-c4cc5c(cc4-c4ccc6c(c4)c4ccccc4n6-c4ccccc4)-c4ccccc4C5(c4ccccc4)c4ccccc4)c3)nc(-c3ccccc3)n2)cc1. The molecular formula is C65H43N3. The monoisotopic (exact) mass is 865 g/mol. The van der Waals surface area contributed by atoms with Crippen molar-refractivity contribution < 1.29 is 0 Å². The molecule has 3 heteroatoms. The number of aromatic nitrogens is 3. The van der Waals surface area contributed by atoms with Crippen molar-refractivity contribution in [1.29, 1.82) is 0 Å². The van der Waals surface area contributed by atoms with E-state index in [1.54, 1.807) is 0 Å². The average molecular weight is 866 g/mol. The Morgan fingerprint density at radius 1 is 0.294 bits per heavy atom. The molecule has 1 aliphatic rings. The molecule has 0 spiro atoms. The van der Waals surface area contributed by atoms with E-state index in [-0.39, 0.29) is 0 Å². The highest BCUT2D eigenvalue weighted by Crippen LogP contribution is 2.58. The fourth-order valence-corrected chi connectivity index (χ4v) is 10.9. The Morgan fingerprint density at radius 3 is 1.54 bits per heavy atom. The van der Waals surface area contributed by atoms with Crippen LogP contribution in [0.25, 0.3) is 94.8 Å². The lowest BCUT2D eigenvalue weighted by atomic mass is 9.67. The predicted octanol–water partition coefficient (Wildman–Crippen LogP) is 16.3. The first-order valence-corrected chi connectivity index (χ1v) is 23.3. The van der Waals surface area contributed by atoms with Gasteiger partial charge in [0.25, 0.3) is 0 Å². The highest BCUT2D eigenvalue weighted by atomic mass is 15.0. The van der Waals surface area contributed by atoms with Crippen LogP contribution < -0.4 is 0 Å². The zero-order chi connectivity index (χ0) is 45.0. The van der Waals surface area contributed by atoms with Crippen molar-refractivity contribution in [2.75, 3.05) is 0 Å². The van der Waals surface area contributed by atoms with Gasteiger partial charge in [0.05, 0.1) is 27.8 Å². The molecule has 318 valence electrons. The van der Waals surface area contributed by atoms with Crippen LogP contribution >= 0.6 is 0 Å². The number of hydrogen-bond acceptors (Lipinski definition) is 2. The van der Waals surface area contributed by atoms with Gasteiger partial charge in [-0.25, -0.2) is 9.97 Å². The Balaban J connectivity index is 1.09. The number of nitrogens with zero attached hydrogens (tertiary/aromatic N) is 3. The third-order valence-corrected chi connectivity index (χ3v) is 13.9. The summed E-state index contributed by atoms with van der Waals surface area (Å²) in [5.74, 6) is 0.696. The second-order valence-corrected chi connectivity index (χ2v) is 17.7. The molecule has 12 aromatic rings. The summed E-state index contributed by atoms with van der Waals surface area (Å²) in [5, 5.41) is 2.44. The quantitative estimate of drug-likeness (QED) is 0.152. The third kappa shape index (κ3) is 6.35. The van der Waals surface area contributed by atoms with Gasteiger partial charge in [0, 0.05) is 33.2 Å². The van der Waals surface area contributed by atoms with E-state index in [0.717, 1.165) is 50.5 Å². The van der Waals surface area contributed by atoms with Gasteiger partial charge in [-0.3, -0.25) is 0 Å².